The average Bonchev–Trinajstić information content (AvgIpc) is 2.25. The van der Waals surface area contributed by atoms with E-state index >= 15 is 0 Å². The molecule has 0 rings (SSSR count). The second kappa shape index (κ2) is 10.5. The predicted octanol–water partition coefficient (Wildman–Crippen LogP) is 3.39. The molecule has 0 aromatic heterocycles. The van der Waals surface area contributed by atoms with Crippen molar-refractivity contribution in [3.05, 3.63) is 0 Å². The van der Waals surface area contributed by atoms with Crippen molar-refractivity contribution < 1.29 is 19.4 Å². The summed E-state index contributed by atoms with van der Waals surface area (Å²) in [5, 5.41) is 8.18. The molecule has 0 radical (unpaired) electrons. The number of unbranched alkanes of at least 4 members (excludes halogenated alkanes) is 6. The van der Waals surface area contributed by atoms with Crippen LogP contribution in [-0.2, 0) is 9.53 Å². The van der Waals surface area contributed by atoms with Gasteiger partial charge in [0, 0.05) is 6.42 Å². The van der Waals surface area contributed by atoms with Gasteiger partial charge in [-0.3, -0.25) is 4.79 Å². The summed E-state index contributed by atoms with van der Waals surface area (Å²) in [7, 11) is 0. The van der Waals surface area contributed by atoms with Gasteiger partial charge in [-0.2, -0.15) is 0 Å². The third-order valence-electron chi connectivity index (χ3n) is 2.42. The van der Waals surface area contributed by atoms with E-state index in [1.165, 1.54) is 25.7 Å². The minimum atomic E-state index is -1.38. The zero-order valence-electron chi connectivity index (χ0n) is 10.0. The Morgan fingerprint density at radius 2 is 1.56 bits per heavy atom. The lowest BCUT2D eigenvalue weighted by atomic mass is 10.1. The summed E-state index contributed by atoms with van der Waals surface area (Å²) < 4.78 is 4.18. The van der Waals surface area contributed by atoms with E-state index < -0.39 is 6.16 Å². The first kappa shape index (κ1) is 14.9. The van der Waals surface area contributed by atoms with Crippen molar-refractivity contribution in [3.8, 4) is 0 Å². The van der Waals surface area contributed by atoms with Crippen molar-refractivity contribution in [1.29, 1.82) is 0 Å². The highest BCUT2D eigenvalue weighted by Crippen LogP contribution is 2.08. The Balaban J connectivity index is 3.18. The van der Waals surface area contributed by atoms with Crippen molar-refractivity contribution in [2.75, 3.05) is 6.61 Å². The summed E-state index contributed by atoms with van der Waals surface area (Å²) in [6, 6.07) is 0. The van der Waals surface area contributed by atoms with Crippen LogP contribution >= 0.6 is 0 Å². The number of hydrogen-bond acceptors (Lipinski definition) is 3. The minimum absolute atomic E-state index is 0.129. The van der Waals surface area contributed by atoms with Crippen molar-refractivity contribution in [2.45, 2.75) is 58.3 Å². The Bertz CT molecular complexity index is 201. The van der Waals surface area contributed by atoms with Crippen LogP contribution in [0.3, 0.4) is 0 Å². The SMILES string of the molecule is CCCCCCCCCC(=O)COC(=O)O. The van der Waals surface area contributed by atoms with Crippen LogP contribution < -0.4 is 0 Å². The maximum atomic E-state index is 11.1. The molecule has 94 valence electrons. The lowest BCUT2D eigenvalue weighted by molar-refractivity contribution is -0.122. The third kappa shape index (κ3) is 11.0. The summed E-state index contributed by atoms with van der Waals surface area (Å²) >= 11 is 0. The molecular weight excluding hydrogens is 208 g/mol. The normalized spacial score (nSPS) is 10.1. The Labute approximate surface area is 97.0 Å². The molecule has 0 aliphatic heterocycles. The van der Waals surface area contributed by atoms with Crippen molar-refractivity contribution in [1.82, 2.24) is 0 Å². The topological polar surface area (TPSA) is 63.6 Å². The van der Waals surface area contributed by atoms with Gasteiger partial charge < -0.3 is 9.84 Å². The van der Waals surface area contributed by atoms with Crippen LogP contribution in [0.4, 0.5) is 4.79 Å². The fraction of sp³-hybridized carbons (Fsp3) is 0.833. The number of hydrogen-bond donors (Lipinski definition) is 1. The maximum Gasteiger partial charge on any atom is 0.506 e. The van der Waals surface area contributed by atoms with Crippen LogP contribution in [0.25, 0.3) is 0 Å². The molecule has 0 spiro atoms. The summed E-state index contributed by atoms with van der Waals surface area (Å²) in [4.78, 5) is 21.1. The monoisotopic (exact) mass is 230 g/mol. The van der Waals surface area contributed by atoms with Gasteiger partial charge in [-0.25, -0.2) is 4.79 Å². The van der Waals surface area contributed by atoms with Crippen LogP contribution in [0.1, 0.15) is 58.3 Å². The molecule has 4 heteroatoms. The van der Waals surface area contributed by atoms with E-state index in [4.69, 9.17) is 5.11 Å². The molecule has 0 fully saturated rings. The number of Topliss-reactive ketones (excluding diaryl/α,β-unsaturated/α-hetero) is 1. The van der Waals surface area contributed by atoms with E-state index in [0.717, 1.165) is 19.3 Å². The summed E-state index contributed by atoms with van der Waals surface area (Å²) in [5.74, 6) is -0.129. The predicted molar refractivity (Wildman–Crippen MR) is 61.6 cm³/mol. The van der Waals surface area contributed by atoms with Crippen molar-refractivity contribution in [3.63, 3.8) is 0 Å². The molecule has 1 N–H and O–H groups in total. The standard InChI is InChI=1S/C12H22O4/c1-2-3-4-5-6-7-8-9-11(13)10-16-12(14)15/h2-10H2,1H3,(H,14,15). The zero-order valence-corrected chi connectivity index (χ0v) is 10.0. The summed E-state index contributed by atoms with van der Waals surface area (Å²) in [5.41, 5.74) is 0. The summed E-state index contributed by atoms with van der Waals surface area (Å²) in [6.07, 6.45) is 7.12. The van der Waals surface area contributed by atoms with E-state index in [2.05, 4.69) is 11.7 Å². The van der Waals surface area contributed by atoms with Gasteiger partial charge in [-0.15, -0.1) is 0 Å². The van der Waals surface area contributed by atoms with Crippen molar-refractivity contribution >= 4 is 11.9 Å². The molecule has 0 aromatic rings. The van der Waals surface area contributed by atoms with Gasteiger partial charge in [0.15, 0.2) is 12.4 Å². The molecule has 0 saturated heterocycles. The van der Waals surface area contributed by atoms with Crippen LogP contribution in [-0.4, -0.2) is 23.7 Å². The Hall–Kier alpha value is -1.06. The van der Waals surface area contributed by atoms with Crippen LogP contribution in [0.5, 0.6) is 0 Å². The molecule has 0 aliphatic carbocycles. The highest BCUT2D eigenvalue weighted by atomic mass is 16.7. The fourth-order valence-electron chi connectivity index (χ4n) is 1.49. The molecule has 0 aliphatic rings. The molecule has 0 amide bonds. The zero-order chi connectivity index (χ0) is 12.2. The molecular formula is C12H22O4. The van der Waals surface area contributed by atoms with Crippen molar-refractivity contribution in [2.24, 2.45) is 0 Å². The van der Waals surface area contributed by atoms with E-state index in [-0.39, 0.29) is 12.4 Å². The Morgan fingerprint density at radius 1 is 1.00 bits per heavy atom. The smallest absolute Gasteiger partial charge is 0.450 e. The molecule has 0 bridgehead atoms. The van der Waals surface area contributed by atoms with Gasteiger partial charge in [0.05, 0.1) is 0 Å². The first-order chi connectivity index (χ1) is 7.66. The molecule has 16 heavy (non-hydrogen) atoms. The van der Waals surface area contributed by atoms with E-state index in [1.807, 2.05) is 0 Å². The van der Waals surface area contributed by atoms with Crippen LogP contribution in [0.15, 0.2) is 0 Å². The second-order valence-corrected chi connectivity index (χ2v) is 3.96. The first-order valence-electron chi connectivity index (χ1n) is 6.04. The minimum Gasteiger partial charge on any atom is -0.450 e. The number of carboxylic acid groups (broad SMARTS) is 1. The molecule has 0 heterocycles. The van der Waals surface area contributed by atoms with E-state index in [9.17, 15) is 9.59 Å². The fourth-order valence-corrected chi connectivity index (χ4v) is 1.49. The highest BCUT2D eigenvalue weighted by molar-refractivity contribution is 5.81. The lowest BCUT2D eigenvalue weighted by Gasteiger charge is -2.01. The van der Waals surface area contributed by atoms with Gasteiger partial charge in [0.25, 0.3) is 0 Å². The van der Waals surface area contributed by atoms with Gasteiger partial charge in [-0.05, 0) is 6.42 Å². The van der Waals surface area contributed by atoms with Gasteiger partial charge in [-0.1, -0.05) is 45.4 Å². The Kier molecular flexibility index (Phi) is 9.76. The number of rotatable bonds is 10. The molecule has 4 nitrogen and oxygen atoms in total. The number of ketones is 1. The molecule has 0 atom stereocenters. The molecule has 0 unspecified atom stereocenters. The largest absolute Gasteiger partial charge is 0.506 e. The average molecular weight is 230 g/mol. The van der Waals surface area contributed by atoms with Gasteiger partial charge in [0.2, 0.25) is 0 Å². The lowest BCUT2D eigenvalue weighted by Crippen LogP contribution is -2.11. The quantitative estimate of drug-likeness (QED) is 0.461. The summed E-state index contributed by atoms with van der Waals surface area (Å²) in [6.45, 7) is 1.88. The van der Waals surface area contributed by atoms with Crippen LogP contribution in [0.2, 0.25) is 0 Å². The first-order valence-corrected chi connectivity index (χ1v) is 6.04. The molecule has 0 saturated carbocycles. The van der Waals surface area contributed by atoms with Gasteiger partial charge in [0.1, 0.15) is 0 Å². The third-order valence-corrected chi connectivity index (χ3v) is 2.42. The maximum absolute atomic E-state index is 11.1. The number of ether oxygens (including phenoxy) is 1. The van der Waals surface area contributed by atoms with E-state index in [0.29, 0.717) is 6.42 Å². The van der Waals surface area contributed by atoms with Gasteiger partial charge >= 0.3 is 6.16 Å². The highest BCUT2D eigenvalue weighted by Gasteiger charge is 2.04. The second-order valence-electron chi connectivity index (χ2n) is 3.96. The number of carbonyl (C=O) groups excluding carboxylic acids is 1. The van der Waals surface area contributed by atoms with Crippen LogP contribution in [0, 0.1) is 0 Å². The van der Waals surface area contributed by atoms with E-state index in [1.54, 1.807) is 0 Å². The number of carbonyl (C=O) groups is 2. The molecule has 0 aromatic carbocycles. The Morgan fingerprint density at radius 3 is 2.12 bits per heavy atom.